The van der Waals surface area contributed by atoms with Gasteiger partial charge in [0.1, 0.15) is 0 Å². The van der Waals surface area contributed by atoms with Crippen molar-refractivity contribution in [1.29, 1.82) is 0 Å². The SMILES string of the molecule is CC(C)CCOCCN1CCc2cc(N)ccc21. The average molecular weight is 248 g/mol. The minimum Gasteiger partial charge on any atom is -0.399 e. The van der Waals surface area contributed by atoms with Crippen LogP contribution in [0.2, 0.25) is 0 Å². The van der Waals surface area contributed by atoms with Crippen molar-refractivity contribution in [2.45, 2.75) is 26.7 Å². The van der Waals surface area contributed by atoms with Gasteiger partial charge in [-0.05, 0) is 42.5 Å². The molecule has 0 aliphatic carbocycles. The Balaban J connectivity index is 1.76. The van der Waals surface area contributed by atoms with Gasteiger partial charge in [0.15, 0.2) is 0 Å². The Labute approximate surface area is 110 Å². The third kappa shape index (κ3) is 3.39. The molecule has 2 N–H and O–H groups in total. The first-order valence-electron chi connectivity index (χ1n) is 6.88. The Morgan fingerprint density at radius 2 is 2.17 bits per heavy atom. The quantitative estimate of drug-likeness (QED) is 0.621. The van der Waals surface area contributed by atoms with E-state index in [-0.39, 0.29) is 0 Å². The van der Waals surface area contributed by atoms with Gasteiger partial charge in [0, 0.05) is 31.1 Å². The fourth-order valence-electron chi connectivity index (χ4n) is 2.32. The summed E-state index contributed by atoms with van der Waals surface area (Å²) in [7, 11) is 0. The number of nitrogen functional groups attached to an aromatic ring is 1. The lowest BCUT2D eigenvalue weighted by Gasteiger charge is -2.19. The number of nitrogens with two attached hydrogens (primary N) is 1. The fourth-order valence-corrected chi connectivity index (χ4v) is 2.32. The average Bonchev–Trinajstić information content (AvgIpc) is 2.70. The van der Waals surface area contributed by atoms with Gasteiger partial charge in [-0.15, -0.1) is 0 Å². The van der Waals surface area contributed by atoms with Crippen LogP contribution in [0.25, 0.3) is 0 Å². The first kappa shape index (κ1) is 13.2. The highest BCUT2D eigenvalue weighted by Crippen LogP contribution is 2.29. The van der Waals surface area contributed by atoms with Crippen molar-refractivity contribution >= 4 is 11.4 Å². The summed E-state index contributed by atoms with van der Waals surface area (Å²) < 4.78 is 5.68. The summed E-state index contributed by atoms with van der Waals surface area (Å²) in [4.78, 5) is 2.39. The maximum Gasteiger partial charge on any atom is 0.0641 e. The summed E-state index contributed by atoms with van der Waals surface area (Å²) in [5.41, 5.74) is 9.37. The van der Waals surface area contributed by atoms with Gasteiger partial charge in [0.25, 0.3) is 0 Å². The Morgan fingerprint density at radius 1 is 1.33 bits per heavy atom. The molecule has 3 nitrogen and oxygen atoms in total. The standard InChI is InChI=1S/C15H24N2O/c1-12(2)6-9-18-10-8-17-7-5-13-11-14(16)3-4-15(13)17/h3-4,11-12H,5-10,16H2,1-2H3. The molecular formula is C15H24N2O. The number of nitrogens with zero attached hydrogens (tertiary/aromatic N) is 1. The molecule has 1 aromatic carbocycles. The largest absolute Gasteiger partial charge is 0.399 e. The van der Waals surface area contributed by atoms with Crippen LogP contribution in [0.1, 0.15) is 25.8 Å². The molecule has 2 rings (SSSR count). The number of benzene rings is 1. The zero-order valence-corrected chi connectivity index (χ0v) is 11.5. The highest BCUT2D eigenvalue weighted by Gasteiger charge is 2.18. The molecule has 0 saturated carbocycles. The lowest BCUT2D eigenvalue weighted by Crippen LogP contribution is -2.25. The molecule has 100 valence electrons. The van der Waals surface area contributed by atoms with Crippen molar-refractivity contribution < 1.29 is 4.74 Å². The van der Waals surface area contributed by atoms with Gasteiger partial charge < -0.3 is 15.4 Å². The number of fused-ring (bicyclic) bond motifs is 1. The van der Waals surface area contributed by atoms with Gasteiger partial charge in [-0.2, -0.15) is 0 Å². The Bertz CT molecular complexity index is 390. The van der Waals surface area contributed by atoms with Crippen molar-refractivity contribution in [2.24, 2.45) is 5.92 Å². The van der Waals surface area contributed by atoms with E-state index in [1.807, 2.05) is 6.07 Å². The van der Waals surface area contributed by atoms with E-state index in [9.17, 15) is 0 Å². The topological polar surface area (TPSA) is 38.5 Å². The molecule has 0 radical (unpaired) electrons. The normalized spacial score (nSPS) is 14.3. The monoisotopic (exact) mass is 248 g/mol. The zero-order chi connectivity index (χ0) is 13.0. The van der Waals surface area contributed by atoms with Gasteiger partial charge in [0.05, 0.1) is 6.61 Å². The predicted octanol–water partition coefficient (Wildman–Crippen LogP) is 2.69. The maximum absolute atomic E-state index is 5.80. The highest BCUT2D eigenvalue weighted by atomic mass is 16.5. The van der Waals surface area contributed by atoms with Crippen LogP contribution in [0.15, 0.2) is 18.2 Å². The van der Waals surface area contributed by atoms with Crippen LogP contribution in [0.4, 0.5) is 11.4 Å². The zero-order valence-electron chi connectivity index (χ0n) is 11.5. The van der Waals surface area contributed by atoms with Crippen molar-refractivity contribution in [2.75, 3.05) is 36.9 Å². The summed E-state index contributed by atoms with van der Waals surface area (Å²) in [5.74, 6) is 0.723. The van der Waals surface area contributed by atoms with Crippen molar-refractivity contribution in [3.8, 4) is 0 Å². The highest BCUT2D eigenvalue weighted by molar-refractivity contribution is 5.62. The molecular weight excluding hydrogens is 224 g/mol. The summed E-state index contributed by atoms with van der Waals surface area (Å²) in [6.07, 6.45) is 2.25. The van der Waals surface area contributed by atoms with Crippen LogP contribution in [-0.4, -0.2) is 26.3 Å². The van der Waals surface area contributed by atoms with Gasteiger partial charge in [0.2, 0.25) is 0 Å². The Hall–Kier alpha value is -1.22. The van der Waals surface area contributed by atoms with E-state index in [1.54, 1.807) is 0 Å². The molecule has 0 fully saturated rings. The van der Waals surface area contributed by atoms with Gasteiger partial charge in [-0.1, -0.05) is 13.8 Å². The molecule has 1 aromatic rings. The first-order chi connectivity index (χ1) is 8.66. The fraction of sp³-hybridized carbons (Fsp3) is 0.600. The van der Waals surface area contributed by atoms with Crippen LogP contribution in [0.3, 0.4) is 0 Å². The number of rotatable bonds is 6. The van der Waals surface area contributed by atoms with Gasteiger partial charge in [-0.3, -0.25) is 0 Å². The second-order valence-corrected chi connectivity index (χ2v) is 5.42. The second kappa shape index (κ2) is 6.10. The van der Waals surface area contributed by atoms with E-state index in [1.165, 1.54) is 11.3 Å². The number of ether oxygens (including phenoxy) is 1. The minimum atomic E-state index is 0.723. The van der Waals surface area contributed by atoms with E-state index in [4.69, 9.17) is 10.5 Å². The predicted molar refractivity (Wildman–Crippen MR) is 77.0 cm³/mol. The summed E-state index contributed by atoms with van der Waals surface area (Å²) in [6.45, 7) is 8.22. The van der Waals surface area contributed by atoms with E-state index >= 15 is 0 Å². The van der Waals surface area contributed by atoms with E-state index in [0.29, 0.717) is 0 Å². The molecule has 1 aliphatic rings. The third-order valence-corrected chi connectivity index (χ3v) is 3.44. The second-order valence-electron chi connectivity index (χ2n) is 5.42. The smallest absolute Gasteiger partial charge is 0.0641 e. The van der Waals surface area contributed by atoms with E-state index in [2.05, 4.69) is 30.9 Å². The molecule has 0 atom stereocenters. The van der Waals surface area contributed by atoms with Crippen LogP contribution in [0.5, 0.6) is 0 Å². The molecule has 0 spiro atoms. The Kier molecular flexibility index (Phi) is 4.48. The van der Waals surface area contributed by atoms with E-state index in [0.717, 1.165) is 50.8 Å². The number of hydrogen-bond acceptors (Lipinski definition) is 3. The van der Waals surface area contributed by atoms with Crippen LogP contribution < -0.4 is 10.6 Å². The number of hydrogen-bond donors (Lipinski definition) is 1. The summed E-state index contributed by atoms with van der Waals surface area (Å²) in [6, 6.07) is 6.21. The van der Waals surface area contributed by atoms with Gasteiger partial charge >= 0.3 is 0 Å². The van der Waals surface area contributed by atoms with Crippen molar-refractivity contribution in [1.82, 2.24) is 0 Å². The molecule has 0 unspecified atom stereocenters. The lowest BCUT2D eigenvalue weighted by molar-refractivity contribution is 0.129. The number of anilines is 2. The molecule has 1 aliphatic heterocycles. The minimum absolute atomic E-state index is 0.723. The molecule has 0 amide bonds. The molecule has 1 heterocycles. The van der Waals surface area contributed by atoms with E-state index < -0.39 is 0 Å². The maximum atomic E-state index is 5.80. The van der Waals surface area contributed by atoms with Gasteiger partial charge in [-0.25, -0.2) is 0 Å². The molecule has 3 heteroatoms. The lowest BCUT2D eigenvalue weighted by atomic mass is 10.1. The van der Waals surface area contributed by atoms with Crippen molar-refractivity contribution in [3.05, 3.63) is 23.8 Å². The van der Waals surface area contributed by atoms with Crippen molar-refractivity contribution in [3.63, 3.8) is 0 Å². The summed E-state index contributed by atoms with van der Waals surface area (Å²) in [5, 5.41) is 0. The third-order valence-electron chi connectivity index (χ3n) is 3.44. The molecule has 0 saturated heterocycles. The molecule has 0 aromatic heterocycles. The van der Waals surface area contributed by atoms with Crippen LogP contribution in [-0.2, 0) is 11.2 Å². The summed E-state index contributed by atoms with van der Waals surface area (Å²) >= 11 is 0. The molecule has 18 heavy (non-hydrogen) atoms. The Morgan fingerprint density at radius 3 is 2.94 bits per heavy atom. The van der Waals surface area contributed by atoms with Crippen LogP contribution in [0, 0.1) is 5.92 Å². The molecule has 0 bridgehead atoms. The van der Waals surface area contributed by atoms with Crippen LogP contribution >= 0.6 is 0 Å². The first-order valence-corrected chi connectivity index (χ1v) is 6.88.